The average molecular weight is 377 g/mol. The van der Waals surface area contributed by atoms with E-state index < -0.39 is 0 Å². The van der Waals surface area contributed by atoms with E-state index >= 15 is 0 Å². The number of nitrogens with one attached hydrogen (secondary N) is 2. The maximum atomic E-state index is 12.8. The van der Waals surface area contributed by atoms with Crippen molar-refractivity contribution >= 4 is 11.8 Å². The van der Waals surface area contributed by atoms with Gasteiger partial charge in [0.05, 0.1) is 17.8 Å². The molecule has 2 aliphatic rings. The fourth-order valence-corrected chi connectivity index (χ4v) is 3.76. The molecule has 27 heavy (non-hydrogen) atoms. The molecule has 1 aromatic rings. The van der Waals surface area contributed by atoms with Crippen LogP contribution in [0.2, 0.25) is 0 Å². The van der Waals surface area contributed by atoms with Gasteiger partial charge in [0.1, 0.15) is 11.3 Å². The largest absolute Gasteiger partial charge is 0.376 e. The van der Waals surface area contributed by atoms with E-state index in [-0.39, 0.29) is 29.9 Å². The summed E-state index contributed by atoms with van der Waals surface area (Å²) in [5.41, 5.74) is 1.05. The molecule has 2 saturated carbocycles. The fraction of sp³-hybridized carbons (Fsp3) is 0.750. The molecule has 0 aromatic carbocycles. The summed E-state index contributed by atoms with van der Waals surface area (Å²) in [5, 5.41) is 10.0. The van der Waals surface area contributed by atoms with Gasteiger partial charge in [-0.1, -0.05) is 12.1 Å². The quantitative estimate of drug-likeness (QED) is 0.726. The Morgan fingerprint density at radius 1 is 1.22 bits per heavy atom. The molecule has 2 fully saturated rings. The minimum absolute atomic E-state index is 0.0677. The molecule has 2 N–H and O–H groups in total. The Morgan fingerprint density at radius 2 is 2.00 bits per heavy atom. The van der Waals surface area contributed by atoms with Gasteiger partial charge in [0.15, 0.2) is 0 Å². The van der Waals surface area contributed by atoms with Crippen LogP contribution in [-0.2, 0) is 9.53 Å². The van der Waals surface area contributed by atoms with Crippen LogP contribution in [-0.4, -0.2) is 42.3 Å². The number of carbonyl (C=O) groups is 2. The van der Waals surface area contributed by atoms with Gasteiger partial charge in [0.25, 0.3) is 5.91 Å². The highest BCUT2D eigenvalue weighted by atomic mass is 16.5. The van der Waals surface area contributed by atoms with Gasteiger partial charge >= 0.3 is 0 Å². The predicted octanol–water partition coefficient (Wildman–Crippen LogP) is 2.51. The Balaban J connectivity index is 1.64. The van der Waals surface area contributed by atoms with E-state index in [0.29, 0.717) is 36.0 Å². The molecule has 0 spiro atoms. The molecule has 3 rings (SSSR count). The van der Waals surface area contributed by atoms with Gasteiger partial charge in [0.2, 0.25) is 5.91 Å². The molecule has 0 radical (unpaired) electrons. The number of hydrogen-bond acceptors (Lipinski definition) is 5. The maximum Gasteiger partial charge on any atom is 0.257 e. The number of amides is 2. The minimum Gasteiger partial charge on any atom is -0.376 e. The first-order valence-corrected chi connectivity index (χ1v) is 10.1. The lowest BCUT2D eigenvalue weighted by Gasteiger charge is -2.36. The van der Waals surface area contributed by atoms with Gasteiger partial charge in [-0.25, -0.2) is 0 Å². The molecule has 150 valence electrons. The average Bonchev–Trinajstić information content (AvgIpc) is 3.42. The molecule has 7 nitrogen and oxygen atoms in total. The molecule has 0 aliphatic heterocycles. The second-order valence-corrected chi connectivity index (χ2v) is 7.89. The van der Waals surface area contributed by atoms with E-state index in [4.69, 9.17) is 9.26 Å². The van der Waals surface area contributed by atoms with Crippen LogP contribution in [0, 0.1) is 25.7 Å². The Labute approximate surface area is 160 Å². The van der Waals surface area contributed by atoms with Crippen molar-refractivity contribution in [3.63, 3.8) is 0 Å². The monoisotopic (exact) mass is 377 g/mol. The summed E-state index contributed by atoms with van der Waals surface area (Å²) < 4.78 is 11.1. The van der Waals surface area contributed by atoms with Gasteiger partial charge in [-0.05, 0) is 58.3 Å². The van der Waals surface area contributed by atoms with Crippen LogP contribution in [0.5, 0.6) is 0 Å². The lowest BCUT2D eigenvalue weighted by Crippen LogP contribution is -2.50. The highest BCUT2D eigenvalue weighted by Gasteiger charge is 2.36. The highest BCUT2D eigenvalue weighted by molar-refractivity contribution is 5.96. The molecule has 1 aromatic heterocycles. The van der Waals surface area contributed by atoms with Crippen molar-refractivity contribution in [3.8, 4) is 0 Å². The van der Waals surface area contributed by atoms with Crippen molar-refractivity contribution in [2.45, 2.75) is 71.4 Å². The number of carbonyl (C=O) groups excluding carboxylic acids is 2. The standard InChI is InChI=1S/C20H31N3O4/c1-4-9-26-17-8-7-15(19(24)21-11-14-5-6-14)10-16(17)22-20(25)18-12(2)23-27-13(18)3/h14-17H,4-11H2,1-3H3,(H,21,24)(H,22,25)/t15-,16+,17+/m0/s1. The van der Waals surface area contributed by atoms with Crippen LogP contribution >= 0.6 is 0 Å². The van der Waals surface area contributed by atoms with E-state index in [9.17, 15) is 9.59 Å². The van der Waals surface area contributed by atoms with Crippen molar-refractivity contribution in [1.29, 1.82) is 0 Å². The Bertz CT molecular complexity index is 649. The third-order valence-electron chi connectivity index (χ3n) is 5.53. The number of rotatable bonds is 8. The highest BCUT2D eigenvalue weighted by Crippen LogP contribution is 2.30. The summed E-state index contributed by atoms with van der Waals surface area (Å²) >= 11 is 0. The summed E-state index contributed by atoms with van der Waals surface area (Å²) in [6, 6.07) is -0.192. The van der Waals surface area contributed by atoms with Crippen molar-refractivity contribution < 1.29 is 18.8 Å². The molecule has 1 heterocycles. The second kappa shape index (κ2) is 8.87. The van der Waals surface area contributed by atoms with Crippen LogP contribution < -0.4 is 10.6 Å². The lowest BCUT2D eigenvalue weighted by atomic mass is 9.82. The maximum absolute atomic E-state index is 12.8. The molecule has 2 amide bonds. The fourth-order valence-electron chi connectivity index (χ4n) is 3.76. The van der Waals surface area contributed by atoms with E-state index in [1.54, 1.807) is 13.8 Å². The number of nitrogens with zero attached hydrogens (tertiary/aromatic N) is 1. The van der Waals surface area contributed by atoms with Crippen molar-refractivity contribution in [2.24, 2.45) is 11.8 Å². The molecule has 0 saturated heterocycles. The van der Waals surface area contributed by atoms with Crippen LogP contribution in [0.3, 0.4) is 0 Å². The molecule has 7 heteroatoms. The molecular formula is C20H31N3O4. The summed E-state index contributed by atoms with van der Waals surface area (Å²) in [7, 11) is 0. The van der Waals surface area contributed by atoms with E-state index in [1.807, 2.05) is 0 Å². The summed E-state index contributed by atoms with van der Waals surface area (Å²) in [6.07, 6.45) is 5.45. The first-order valence-electron chi connectivity index (χ1n) is 10.1. The van der Waals surface area contributed by atoms with Gasteiger partial charge < -0.3 is 19.9 Å². The van der Waals surface area contributed by atoms with Crippen LogP contribution in [0.4, 0.5) is 0 Å². The zero-order valence-electron chi connectivity index (χ0n) is 16.5. The zero-order chi connectivity index (χ0) is 19.4. The van der Waals surface area contributed by atoms with Crippen LogP contribution in [0.15, 0.2) is 4.52 Å². The summed E-state index contributed by atoms with van der Waals surface area (Å²) in [5.74, 6) is 0.979. The third-order valence-corrected chi connectivity index (χ3v) is 5.53. The Kier molecular flexibility index (Phi) is 6.52. The number of aryl methyl sites for hydroxylation is 2. The topological polar surface area (TPSA) is 93.5 Å². The van der Waals surface area contributed by atoms with Crippen LogP contribution in [0.1, 0.15) is 67.3 Å². The predicted molar refractivity (Wildman–Crippen MR) is 100 cm³/mol. The molecule has 2 aliphatic carbocycles. The van der Waals surface area contributed by atoms with Gasteiger partial charge in [-0.15, -0.1) is 0 Å². The molecule has 3 atom stereocenters. The minimum atomic E-state index is -0.208. The van der Waals surface area contributed by atoms with Crippen LogP contribution in [0.25, 0.3) is 0 Å². The SMILES string of the molecule is CCCO[C@@H]1CC[C@H](C(=O)NCC2CC2)C[C@H]1NC(=O)c1c(C)noc1C. The first kappa shape index (κ1) is 19.9. The second-order valence-electron chi connectivity index (χ2n) is 7.89. The number of ether oxygens (including phenoxy) is 1. The summed E-state index contributed by atoms with van der Waals surface area (Å²) in [4.78, 5) is 25.3. The van der Waals surface area contributed by atoms with Gasteiger partial charge in [-0.2, -0.15) is 0 Å². The van der Waals surface area contributed by atoms with Gasteiger partial charge in [0, 0.05) is 19.1 Å². The van der Waals surface area contributed by atoms with E-state index in [0.717, 1.165) is 25.8 Å². The molecular weight excluding hydrogens is 346 g/mol. The number of hydrogen-bond donors (Lipinski definition) is 2. The number of aromatic nitrogens is 1. The third kappa shape index (κ3) is 5.09. The Morgan fingerprint density at radius 3 is 2.63 bits per heavy atom. The summed E-state index contributed by atoms with van der Waals surface area (Å²) in [6.45, 7) is 6.98. The first-order chi connectivity index (χ1) is 13.0. The van der Waals surface area contributed by atoms with Gasteiger partial charge in [-0.3, -0.25) is 9.59 Å². The molecule has 0 bridgehead atoms. The zero-order valence-corrected chi connectivity index (χ0v) is 16.5. The van der Waals surface area contributed by atoms with E-state index in [1.165, 1.54) is 12.8 Å². The van der Waals surface area contributed by atoms with Crippen molar-refractivity contribution in [3.05, 3.63) is 17.0 Å². The van der Waals surface area contributed by atoms with Crippen molar-refractivity contribution in [2.75, 3.05) is 13.2 Å². The van der Waals surface area contributed by atoms with Crippen molar-refractivity contribution in [1.82, 2.24) is 15.8 Å². The van der Waals surface area contributed by atoms with E-state index in [2.05, 4.69) is 22.7 Å². The Hall–Kier alpha value is -1.89. The molecule has 0 unspecified atom stereocenters. The normalized spacial score (nSPS) is 25.2. The smallest absolute Gasteiger partial charge is 0.257 e. The lowest BCUT2D eigenvalue weighted by molar-refractivity contribution is -0.127.